The predicted octanol–water partition coefficient (Wildman–Crippen LogP) is 0.327. The minimum atomic E-state index is -0.148. The van der Waals surface area contributed by atoms with Crippen LogP contribution < -0.4 is 0 Å². The number of hydrogen-bond acceptors (Lipinski definition) is 4. The van der Waals surface area contributed by atoms with Crippen LogP contribution in [0.25, 0.3) is 0 Å². The van der Waals surface area contributed by atoms with E-state index in [1.165, 1.54) is 0 Å². The molecule has 2 fully saturated rings. The third-order valence-corrected chi connectivity index (χ3v) is 4.31. The number of nitrogens with zero attached hydrogens (tertiary/aromatic N) is 2. The number of ether oxygens (including phenoxy) is 1. The van der Waals surface area contributed by atoms with Gasteiger partial charge in [-0.25, -0.2) is 0 Å². The van der Waals surface area contributed by atoms with E-state index in [0.29, 0.717) is 19.7 Å². The molecule has 2 aliphatic rings. The van der Waals surface area contributed by atoms with Gasteiger partial charge in [-0.2, -0.15) is 0 Å². The summed E-state index contributed by atoms with van der Waals surface area (Å²) in [5.74, 6) is 0.961. The zero-order valence-electron chi connectivity index (χ0n) is 12.0. The van der Waals surface area contributed by atoms with Gasteiger partial charge >= 0.3 is 0 Å². The van der Waals surface area contributed by atoms with Crippen molar-refractivity contribution in [2.45, 2.75) is 38.8 Å². The monoisotopic (exact) mass is 270 g/mol. The average molecular weight is 270 g/mol. The van der Waals surface area contributed by atoms with E-state index in [2.05, 4.69) is 18.7 Å². The lowest BCUT2D eigenvalue weighted by atomic mass is 9.99. The Kier molecular flexibility index (Phi) is 5.19. The van der Waals surface area contributed by atoms with Crippen LogP contribution in [0.3, 0.4) is 0 Å². The van der Waals surface area contributed by atoms with Crippen LogP contribution in [0.4, 0.5) is 0 Å². The summed E-state index contributed by atoms with van der Waals surface area (Å²) in [6.45, 7) is 7.82. The maximum Gasteiger partial charge on any atom is 0.236 e. The molecular weight excluding hydrogens is 244 g/mol. The van der Waals surface area contributed by atoms with Crippen molar-refractivity contribution in [2.75, 3.05) is 39.4 Å². The summed E-state index contributed by atoms with van der Waals surface area (Å²) in [6.07, 6.45) is 2.08. The van der Waals surface area contributed by atoms with Crippen LogP contribution >= 0.6 is 0 Å². The number of amides is 1. The average Bonchev–Trinajstić information content (AvgIpc) is 2.42. The van der Waals surface area contributed by atoms with Gasteiger partial charge in [0.25, 0.3) is 0 Å². The van der Waals surface area contributed by atoms with Gasteiger partial charge < -0.3 is 14.7 Å². The molecule has 0 bridgehead atoms. The Hall–Kier alpha value is -0.650. The second-order valence-corrected chi connectivity index (χ2v) is 5.98. The minimum absolute atomic E-state index is 0.0264. The lowest BCUT2D eigenvalue weighted by Gasteiger charge is -2.38. The van der Waals surface area contributed by atoms with E-state index in [4.69, 9.17) is 9.84 Å². The minimum Gasteiger partial charge on any atom is -0.394 e. The van der Waals surface area contributed by atoms with Crippen molar-refractivity contribution in [1.29, 1.82) is 0 Å². The Labute approximate surface area is 115 Å². The number of aliphatic hydroxyl groups excluding tert-OH is 1. The number of likely N-dealkylation sites (tertiary alicyclic amines) is 1. The first-order chi connectivity index (χ1) is 9.10. The molecule has 1 amide bonds. The van der Waals surface area contributed by atoms with Gasteiger partial charge in [0.1, 0.15) is 0 Å². The SMILES string of the molecule is CC1CCN(C(=O)CN2CC(CO)OCC2C)CC1. The maximum atomic E-state index is 12.3. The molecule has 19 heavy (non-hydrogen) atoms. The molecule has 2 saturated heterocycles. The molecule has 0 saturated carbocycles. The first-order valence-electron chi connectivity index (χ1n) is 7.34. The predicted molar refractivity (Wildman–Crippen MR) is 72.8 cm³/mol. The molecule has 2 heterocycles. The fraction of sp³-hybridized carbons (Fsp3) is 0.929. The Bertz CT molecular complexity index is 303. The van der Waals surface area contributed by atoms with Crippen molar-refractivity contribution < 1.29 is 14.6 Å². The molecule has 110 valence electrons. The van der Waals surface area contributed by atoms with Gasteiger partial charge in [-0.1, -0.05) is 6.92 Å². The van der Waals surface area contributed by atoms with E-state index < -0.39 is 0 Å². The normalized spacial score (nSPS) is 30.6. The topological polar surface area (TPSA) is 53.0 Å². The van der Waals surface area contributed by atoms with Crippen LogP contribution in [0.1, 0.15) is 26.7 Å². The number of hydrogen-bond donors (Lipinski definition) is 1. The number of piperidine rings is 1. The van der Waals surface area contributed by atoms with E-state index in [-0.39, 0.29) is 24.7 Å². The summed E-state index contributed by atoms with van der Waals surface area (Å²) in [5.41, 5.74) is 0. The van der Waals surface area contributed by atoms with Gasteiger partial charge in [0.05, 0.1) is 25.9 Å². The largest absolute Gasteiger partial charge is 0.394 e. The molecule has 0 aromatic carbocycles. The number of aliphatic hydroxyl groups is 1. The maximum absolute atomic E-state index is 12.3. The van der Waals surface area contributed by atoms with Crippen molar-refractivity contribution >= 4 is 5.91 Å². The molecule has 1 N–H and O–H groups in total. The Balaban J connectivity index is 1.83. The third kappa shape index (κ3) is 3.91. The first-order valence-corrected chi connectivity index (χ1v) is 7.34. The Morgan fingerprint density at radius 1 is 1.32 bits per heavy atom. The fourth-order valence-corrected chi connectivity index (χ4v) is 2.74. The van der Waals surface area contributed by atoms with Crippen molar-refractivity contribution in [3.63, 3.8) is 0 Å². The summed E-state index contributed by atoms with van der Waals surface area (Å²) in [7, 11) is 0. The van der Waals surface area contributed by atoms with Gasteiger partial charge in [0.2, 0.25) is 5.91 Å². The molecule has 2 unspecified atom stereocenters. The van der Waals surface area contributed by atoms with Crippen LogP contribution in [0.2, 0.25) is 0 Å². The summed E-state index contributed by atoms with van der Waals surface area (Å²) in [5, 5.41) is 9.16. The molecule has 0 radical (unpaired) electrons. The highest BCUT2D eigenvalue weighted by Crippen LogP contribution is 2.17. The molecule has 0 spiro atoms. The van der Waals surface area contributed by atoms with Crippen molar-refractivity contribution in [3.05, 3.63) is 0 Å². The van der Waals surface area contributed by atoms with Gasteiger partial charge in [0.15, 0.2) is 0 Å². The molecule has 0 aromatic heterocycles. The zero-order chi connectivity index (χ0) is 13.8. The summed E-state index contributed by atoms with van der Waals surface area (Å²) in [4.78, 5) is 16.4. The molecule has 2 rings (SSSR count). The summed E-state index contributed by atoms with van der Waals surface area (Å²) in [6, 6.07) is 0.246. The Morgan fingerprint density at radius 2 is 2.00 bits per heavy atom. The van der Waals surface area contributed by atoms with Crippen molar-refractivity contribution in [1.82, 2.24) is 9.80 Å². The molecule has 0 aromatic rings. The lowest BCUT2D eigenvalue weighted by Crippen LogP contribution is -2.53. The highest BCUT2D eigenvalue weighted by molar-refractivity contribution is 5.78. The molecule has 5 nitrogen and oxygen atoms in total. The number of rotatable bonds is 3. The van der Waals surface area contributed by atoms with Crippen LogP contribution in [0, 0.1) is 5.92 Å². The molecule has 0 aliphatic carbocycles. The quantitative estimate of drug-likeness (QED) is 0.803. The van der Waals surface area contributed by atoms with Crippen LogP contribution in [-0.2, 0) is 9.53 Å². The smallest absolute Gasteiger partial charge is 0.236 e. The van der Waals surface area contributed by atoms with E-state index in [0.717, 1.165) is 31.8 Å². The van der Waals surface area contributed by atoms with E-state index >= 15 is 0 Å². The lowest BCUT2D eigenvalue weighted by molar-refractivity contribution is -0.138. The van der Waals surface area contributed by atoms with Crippen LogP contribution in [0.15, 0.2) is 0 Å². The standard InChI is InChI=1S/C14H26N2O3/c1-11-3-5-15(6-4-11)14(18)8-16-7-13(9-17)19-10-12(16)2/h11-13,17H,3-10H2,1-2H3. The number of morpholine rings is 1. The first kappa shape index (κ1) is 14.8. The number of carbonyl (C=O) groups excluding carboxylic acids is 1. The van der Waals surface area contributed by atoms with E-state index in [1.54, 1.807) is 0 Å². The molecule has 5 heteroatoms. The zero-order valence-corrected chi connectivity index (χ0v) is 12.0. The van der Waals surface area contributed by atoms with Crippen molar-refractivity contribution in [2.24, 2.45) is 5.92 Å². The van der Waals surface area contributed by atoms with E-state index in [1.807, 2.05) is 4.90 Å². The molecular formula is C14H26N2O3. The van der Waals surface area contributed by atoms with Gasteiger partial charge in [-0.15, -0.1) is 0 Å². The third-order valence-electron chi connectivity index (χ3n) is 4.31. The number of carbonyl (C=O) groups is 1. The van der Waals surface area contributed by atoms with Gasteiger partial charge in [0, 0.05) is 25.7 Å². The fourth-order valence-electron chi connectivity index (χ4n) is 2.74. The van der Waals surface area contributed by atoms with E-state index in [9.17, 15) is 4.79 Å². The van der Waals surface area contributed by atoms with Gasteiger partial charge in [-0.3, -0.25) is 9.69 Å². The summed E-state index contributed by atoms with van der Waals surface area (Å²) >= 11 is 0. The van der Waals surface area contributed by atoms with Crippen LogP contribution in [0.5, 0.6) is 0 Å². The van der Waals surface area contributed by atoms with Crippen LogP contribution in [-0.4, -0.2) is 72.4 Å². The Morgan fingerprint density at radius 3 is 2.63 bits per heavy atom. The highest BCUT2D eigenvalue weighted by Gasteiger charge is 2.29. The molecule has 2 aliphatic heterocycles. The second kappa shape index (κ2) is 6.68. The van der Waals surface area contributed by atoms with Crippen molar-refractivity contribution in [3.8, 4) is 0 Å². The summed E-state index contributed by atoms with van der Waals surface area (Å²) < 4.78 is 5.49. The molecule has 2 atom stereocenters. The van der Waals surface area contributed by atoms with Gasteiger partial charge in [-0.05, 0) is 25.7 Å². The second-order valence-electron chi connectivity index (χ2n) is 5.98. The highest BCUT2D eigenvalue weighted by atomic mass is 16.5.